The smallest absolute Gasteiger partial charge is 0.265 e. The van der Waals surface area contributed by atoms with Crippen LogP contribution in [0.1, 0.15) is 43.0 Å². The number of nitrogens with zero attached hydrogens (tertiary/aromatic N) is 1. The third kappa shape index (κ3) is 2.51. The van der Waals surface area contributed by atoms with Gasteiger partial charge in [0, 0.05) is 0 Å². The average Bonchev–Trinajstić information content (AvgIpc) is 2.33. The molecule has 0 saturated carbocycles. The standard InChI is InChI=1S/C11H15BrN2OS/c1-2-7-9(12)11(15)14-10(13-7)8-5-3-4-6-16-8/h8H,2-6H2,1H3,(H,13,14,15). The van der Waals surface area contributed by atoms with Crippen LogP contribution in [0.3, 0.4) is 0 Å². The van der Waals surface area contributed by atoms with Gasteiger partial charge in [0.05, 0.1) is 10.9 Å². The van der Waals surface area contributed by atoms with E-state index in [1.807, 2.05) is 18.7 Å². The number of hydrogen-bond donors (Lipinski definition) is 1. The fourth-order valence-corrected chi connectivity index (χ4v) is 3.59. The molecule has 1 aromatic rings. The number of H-pyrrole nitrogens is 1. The van der Waals surface area contributed by atoms with Gasteiger partial charge in [-0.05, 0) is 40.9 Å². The van der Waals surface area contributed by atoms with Crippen LogP contribution in [0.2, 0.25) is 0 Å². The first-order valence-corrected chi connectivity index (χ1v) is 7.46. The number of aromatic nitrogens is 2. The Kier molecular flexibility index (Phi) is 4.08. The first-order chi connectivity index (χ1) is 7.72. The number of aryl methyl sites for hydroxylation is 1. The molecule has 0 spiro atoms. The van der Waals surface area contributed by atoms with Gasteiger partial charge < -0.3 is 4.98 Å². The Labute approximate surface area is 108 Å². The molecule has 2 rings (SSSR count). The largest absolute Gasteiger partial charge is 0.309 e. The monoisotopic (exact) mass is 302 g/mol. The zero-order valence-corrected chi connectivity index (χ0v) is 11.7. The molecule has 1 aliphatic rings. The summed E-state index contributed by atoms with van der Waals surface area (Å²) in [6, 6.07) is 0. The fourth-order valence-electron chi connectivity index (χ4n) is 1.87. The van der Waals surface area contributed by atoms with Crippen LogP contribution in [-0.4, -0.2) is 15.7 Å². The van der Waals surface area contributed by atoms with Crippen molar-refractivity contribution in [2.24, 2.45) is 0 Å². The lowest BCUT2D eigenvalue weighted by molar-refractivity contribution is 0.655. The number of hydrogen-bond acceptors (Lipinski definition) is 3. The minimum atomic E-state index is -0.0481. The van der Waals surface area contributed by atoms with Crippen molar-refractivity contribution in [2.45, 2.75) is 37.9 Å². The van der Waals surface area contributed by atoms with Gasteiger partial charge in [0.15, 0.2) is 0 Å². The highest BCUT2D eigenvalue weighted by Crippen LogP contribution is 2.36. The van der Waals surface area contributed by atoms with Crippen LogP contribution >= 0.6 is 27.7 Å². The maximum Gasteiger partial charge on any atom is 0.265 e. The molecule has 0 aromatic carbocycles. The van der Waals surface area contributed by atoms with Gasteiger partial charge in [0.2, 0.25) is 0 Å². The summed E-state index contributed by atoms with van der Waals surface area (Å²) in [7, 11) is 0. The molecule has 1 N–H and O–H groups in total. The Balaban J connectivity index is 2.33. The van der Waals surface area contributed by atoms with Crippen LogP contribution in [0, 0.1) is 0 Å². The molecule has 0 radical (unpaired) electrons. The van der Waals surface area contributed by atoms with E-state index < -0.39 is 0 Å². The highest BCUT2D eigenvalue weighted by molar-refractivity contribution is 9.10. The Morgan fingerprint density at radius 3 is 3.00 bits per heavy atom. The maximum absolute atomic E-state index is 11.7. The van der Waals surface area contributed by atoms with Crippen molar-refractivity contribution in [1.82, 2.24) is 9.97 Å². The first kappa shape index (κ1) is 12.2. The molecular weight excluding hydrogens is 288 g/mol. The summed E-state index contributed by atoms with van der Waals surface area (Å²) in [5.41, 5.74) is 0.818. The van der Waals surface area contributed by atoms with Crippen LogP contribution in [0.15, 0.2) is 9.27 Å². The molecule has 0 aliphatic carbocycles. The molecule has 0 amide bonds. The minimum Gasteiger partial charge on any atom is -0.309 e. The van der Waals surface area contributed by atoms with E-state index in [0.717, 1.165) is 24.4 Å². The van der Waals surface area contributed by atoms with Gasteiger partial charge in [-0.15, -0.1) is 0 Å². The molecule has 5 heteroatoms. The number of halogens is 1. The lowest BCUT2D eigenvalue weighted by atomic mass is 10.2. The molecule has 3 nitrogen and oxygen atoms in total. The lowest BCUT2D eigenvalue weighted by Gasteiger charge is -2.20. The van der Waals surface area contributed by atoms with Crippen molar-refractivity contribution in [3.05, 3.63) is 26.3 Å². The zero-order chi connectivity index (χ0) is 11.5. The maximum atomic E-state index is 11.7. The molecule has 0 bridgehead atoms. The highest BCUT2D eigenvalue weighted by Gasteiger charge is 2.19. The van der Waals surface area contributed by atoms with E-state index in [-0.39, 0.29) is 5.56 Å². The van der Waals surface area contributed by atoms with Gasteiger partial charge in [0.25, 0.3) is 5.56 Å². The number of nitrogens with one attached hydrogen (secondary N) is 1. The van der Waals surface area contributed by atoms with E-state index in [2.05, 4.69) is 25.9 Å². The van der Waals surface area contributed by atoms with E-state index >= 15 is 0 Å². The Morgan fingerprint density at radius 1 is 1.56 bits per heavy atom. The summed E-state index contributed by atoms with van der Waals surface area (Å²) >= 11 is 5.19. The van der Waals surface area contributed by atoms with Crippen molar-refractivity contribution in [3.8, 4) is 0 Å². The molecule has 1 fully saturated rings. The molecule has 1 atom stereocenters. The average molecular weight is 303 g/mol. The molecule has 1 saturated heterocycles. The first-order valence-electron chi connectivity index (χ1n) is 5.62. The van der Waals surface area contributed by atoms with Crippen LogP contribution in [-0.2, 0) is 6.42 Å². The Morgan fingerprint density at radius 2 is 2.38 bits per heavy atom. The van der Waals surface area contributed by atoms with E-state index in [1.165, 1.54) is 18.6 Å². The molecule has 1 aliphatic heterocycles. The Bertz CT molecular complexity index is 426. The second-order valence-corrected chi connectivity index (χ2v) is 6.02. The highest BCUT2D eigenvalue weighted by atomic mass is 79.9. The third-order valence-electron chi connectivity index (χ3n) is 2.77. The predicted octanol–water partition coefficient (Wildman–Crippen LogP) is 3.05. The van der Waals surface area contributed by atoms with Gasteiger partial charge in [-0.3, -0.25) is 4.79 Å². The van der Waals surface area contributed by atoms with Crippen molar-refractivity contribution in [2.75, 3.05) is 5.75 Å². The van der Waals surface area contributed by atoms with Crippen LogP contribution < -0.4 is 5.56 Å². The van der Waals surface area contributed by atoms with Gasteiger partial charge in [-0.1, -0.05) is 13.3 Å². The van der Waals surface area contributed by atoms with Gasteiger partial charge in [-0.2, -0.15) is 11.8 Å². The van der Waals surface area contributed by atoms with Crippen LogP contribution in [0.4, 0.5) is 0 Å². The lowest BCUT2D eigenvalue weighted by Crippen LogP contribution is -2.18. The zero-order valence-electron chi connectivity index (χ0n) is 9.25. The summed E-state index contributed by atoms with van der Waals surface area (Å²) < 4.78 is 0.583. The Hall–Kier alpha value is -0.290. The SMILES string of the molecule is CCc1nc(C2CCCCS2)[nH]c(=O)c1Br. The van der Waals surface area contributed by atoms with E-state index in [1.54, 1.807) is 0 Å². The summed E-state index contributed by atoms with van der Waals surface area (Å²) in [6.07, 6.45) is 4.43. The molecule has 2 heterocycles. The fraction of sp³-hybridized carbons (Fsp3) is 0.636. The summed E-state index contributed by atoms with van der Waals surface area (Å²) in [4.78, 5) is 19.1. The second kappa shape index (κ2) is 5.36. The van der Waals surface area contributed by atoms with Crippen molar-refractivity contribution >= 4 is 27.7 Å². The molecule has 16 heavy (non-hydrogen) atoms. The van der Waals surface area contributed by atoms with Crippen molar-refractivity contribution < 1.29 is 0 Å². The third-order valence-corrected chi connectivity index (χ3v) is 4.97. The number of rotatable bonds is 2. The minimum absolute atomic E-state index is 0.0481. The quantitative estimate of drug-likeness (QED) is 0.913. The predicted molar refractivity (Wildman–Crippen MR) is 71.0 cm³/mol. The summed E-state index contributed by atoms with van der Waals surface area (Å²) in [6.45, 7) is 2.02. The van der Waals surface area contributed by atoms with E-state index in [4.69, 9.17) is 0 Å². The molecular formula is C11H15BrN2OS. The summed E-state index contributed by atoms with van der Waals surface area (Å²) in [5, 5.41) is 0.375. The summed E-state index contributed by atoms with van der Waals surface area (Å²) in [5.74, 6) is 2.03. The second-order valence-electron chi connectivity index (χ2n) is 3.92. The molecule has 88 valence electrons. The van der Waals surface area contributed by atoms with E-state index in [0.29, 0.717) is 9.72 Å². The van der Waals surface area contributed by atoms with Crippen LogP contribution in [0.25, 0.3) is 0 Å². The van der Waals surface area contributed by atoms with Crippen molar-refractivity contribution in [3.63, 3.8) is 0 Å². The van der Waals surface area contributed by atoms with Crippen LogP contribution in [0.5, 0.6) is 0 Å². The van der Waals surface area contributed by atoms with Gasteiger partial charge in [-0.25, -0.2) is 4.98 Å². The van der Waals surface area contributed by atoms with Crippen molar-refractivity contribution in [1.29, 1.82) is 0 Å². The number of thioether (sulfide) groups is 1. The molecule has 1 unspecified atom stereocenters. The van der Waals surface area contributed by atoms with Gasteiger partial charge >= 0.3 is 0 Å². The normalized spacial score (nSPS) is 21.0. The molecule has 1 aromatic heterocycles. The van der Waals surface area contributed by atoms with Gasteiger partial charge in [0.1, 0.15) is 10.3 Å². The number of aromatic amines is 1. The van der Waals surface area contributed by atoms with E-state index in [9.17, 15) is 4.79 Å². The topological polar surface area (TPSA) is 45.8 Å².